The highest BCUT2D eigenvalue weighted by Crippen LogP contribution is 2.05. The van der Waals surface area contributed by atoms with Gasteiger partial charge in [0.25, 0.3) is 5.56 Å². The SMILES string of the molecule is CCCC(N)C(=O)Nc1cccn(Cc2ccccc2)c1=O.Cl. The van der Waals surface area contributed by atoms with Gasteiger partial charge in [0.2, 0.25) is 5.91 Å². The molecular weight excluding hydrogens is 314 g/mol. The average Bonchev–Trinajstić information content (AvgIpc) is 2.52. The number of amides is 1. The summed E-state index contributed by atoms with van der Waals surface area (Å²) >= 11 is 0. The highest BCUT2D eigenvalue weighted by atomic mass is 35.5. The quantitative estimate of drug-likeness (QED) is 0.850. The minimum absolute atomic E-state index is 0. The molecule has 1 aromatic heterocycles. The number of nitrogens with zero attached hydrogens (tertiary/aromatic N) is 1. The fourth-order valence-electron chi connectivity index (χ4n) is 2.20. The van der Waals surface area contributed by atoms with Gasteiger partial charge in [-0.3, -0.25) is 9.59 Å². The molecule has 23 heavy (non-hydrogen) atoms. The van der Waals surface area contributed by atoms with E-state index in [0.29, 0.717) is 13.0 Å². The lowest BCUT2D eigenvalue weighted by atomic mass is 10.1. The molecule has 1 aromatic carbocycles. The van der Waals surface area contributed by atoms with Crippen LogP contribution in [0.2, 0.25) is 0 Å². The highest BCUT2D eigenvalue weighted by Gasteiger charge is 2.14. The second-order valence-electron chi connectivity index (χ2n) is 5.22. The van der Waals surface area contributed by atoms with Crippen LogP contribution in [0.25, 0.3) is 0 Å². The molecule has 0 aliphatic carbocycles. The van der Waals surface area contributed by atoms with Crippen molar-refractivity contribution in [2.24, 2.45) is 5.73 Å². The number of anilines is 1. The number of nitrogens with one attached hydrogen (secondary N) is 1. The lowest BCUT2D eigenvalue weighted by Gasteiger charge is -2.12. The van der Waals surface area contributed by atoms with Crippen molar-refractivity contribution in [2.75, 3.05) is 5.32 Å². The van der Waals surface area contributed by atoms with E-state index in [4.69, 9.17) is 5.73 Å². The van der Waals surface area contributed by atoms with Gasteiger partial charge in [-0.05, 0) is 24.1 Å². The van der Waals surface area contributed by atoms with Crippen LogP contribution in [0, 0.1) is 0 Å². The molecule has 0 spiro atoms. The average molecular weight is 336 g/mol. The first-order chi connectivity index (χ1) is 10.6. The Hall–Kier alpha value is -2.11. The molecule has 0 saturated carbocycles. The van der Waals surface area contributed by atoms with Crippen LogP contribution in [-0.4, -0.2) is 16.5 Å². The number of aromatic nitrogens is 1. The van der Waals surface area contributed by atoms with E-state index in [1.807, 2.05) is 37.3 Å². The molecular formula is C17H22ClN3O2. The fourth-order valence-corrected chi connectivity index (χ4v) is 2.20. The van der Waals surface area contributed by atoms with Crippen LogP contribution >= 0.6 is 12.4 Å². The number of carbonyl (C=O) groups excluding carboxylic acids is 1. The topological polar surface area (TPSA) is 77.1 Å². The van der Waals surface area contributed by atoms with E-state index < -0.39 is 6.04 Å². The molecule has 1 amide bonds. The third-order valence-corrected chi connectivity index (χ3v) is 3.41. The molecule has 0 saturated heterocycles. The lowest BCUT2D eigenvalue weighted by Crippen LogP contribution is -2.37. The number of pyridine rings is 1. The summed E-state index contributed by atoms with van der Waals surface area (Å²) in [6, 6.07) is 12.4. The van der Waals surface area contributed by atoms with Gasteiger partial charge in [0.05, 0.1) is 12.6 Å². The lowest BCUT2D eigenvalue weighted by molar-refractivity contribution is -0.117. The number of nitrogens with two attached hydrogens (primary N) is 1. The molecule has 0 radical (unpaired) electrons. The molecule has 0 bridgehead atoms. The first kappa shape index (κ1) is 18.9. The van der Waals surface area contributed by atoms with Crippen LogP contribution in [0.5, 0.6) is 0 Å². The number of benzene rings is 1. The number of hydrogen-bond donors (Lipinski definition) is 2. The summed E-state index contributed by atoms with van der Waals surface area (Å²) in [5, 5.41) is 2.62. The molecule has 6 heteroatoms. The van der Waals surface area contributed by atoms with Crippen LogP contribution in [0.1, 0.15) is 25.3 Å². The minimum atomic E-state index is -0.591. The maximum atomic E-state index is 12.4. The predicted molar refractivity (Wildman–Crippen MR) is 95.0 cm³/mol. The Bertz CT molecular complexity index is 686. The van der Waals surface area contributed by atoms with E-state index in [-0.39, 0.29) is 29.6 Å². The summed E-state index contributed by atoms with van der Waals surface area (Å²) in [4.78, 5) is 24.3. The zero-order valence-electron chi connectivity index (χ0n) is 13.1. The van der Waals surface area contributed by atoms with E-state index in [1.54, 1.807) is 22.9 Å². The normalized spacial score (nSPS) is 11.4. The van der Waals surface area contributed by atoms with Crippen LogP contribution in [0.15, 0.2) is 53.5 Å². The first-order valence-corrected chi connectivity index (χ1v) is 7.41. The maximum Gasteiger partial charge on any atom is 0.274 e. The van der Waals surface area contributed by atoms with Gasteiger partial charge in [-0.25, -0.2) is 0 Å². The second kappa shape index (κ2) is 9.12. The Morgan fingerprint density at radius 2 is 1.91 bits per heavy atom. The Kier molecular flexibility index (Phi) is 7.51. The smallest absolute Gasteiger partial charge is 0.274 e. The summed E-state index contributed by atoms with van der Waals surface area (Å²) in [5.41, 5.74) is 6.82. The van der Waals surface area contributed by atoms with E-state index in [1.165, 1.54) is 0 Å². The third-order valence-electron chi connectivity index (χ3n) is 3.41. The number of halogens is 1. The van der Waals surface area contributed by atoms with E-state index in [2.05, 4.69) is 5.32 Å². The Morgan fingerprint density at radius 3 is 2.57 bits per heavy atom. The van der Waals surface area contributed by atoms with E-state index in [9.17, 15) is 9.59 Å². The van der Waals surface area contributed by atoms with E-state index >= 15 is 0 Å². The third kappa shape index (κ3) is 5.23. The molecule has 1 atom stereocenters. The number of hydrogen-bond acceptors (Lipinski definition) is 3. The number of carbonyl (C=O) groups is 1. The van der Waals surface area contributed by atoms with Gasteiger partial charge < -0.3 is 15.6 Å². The Balaban J connectivity index is 0.00000264. The highest BCUT2D eigenvalue weighted by molar-refractivity contribution is 5.94. The van der Waals surface area contributed by atoms with Gasteiger partial charge in [-0.2, -0.15) is 0 Å². The molecule has 3 N–H and O–H groups in total. The summed E-state index contributed by atoms with van der Waals surface area (Å²) in [5.74, 6) is -0.323. The Morgan fingerprint density at radius 1 is 1.22 bits per heavy atom. The van der Waals surface area contributed by atoms with Crippen molar-refractivity contribution in [1.82, 2.24) is 4.57 Å². The van der Waals surface area contributed by atoms with Gasteiger partial charge >= 0.3 is 0 Å². The monoisotopic (exact) mass is 335 g/mol. The first-order valence-electron chi connectivity index (χ1n) is 7.41. The van der Waals surface area contributed by atoms with Crippen molar-refractivity contribution in [3.63, 3.8) is 0 Å². The van der Waals surface area contributed by atoms with Crippen molar-refractivity contribution < 1.29 is 4.79 Å². The standard InChI is InChI=1S/C17H21N3O2.ClH/c1-2-7-14(18)16(21)19-15-10-6-11-20(17(15)22)12-13-8-4-3-5-9-13;/h3-6,8-11,14H,2,7,12,18H2,1H3,(H,19,21);1H. The van der Waals surface area contributed by atoms with Crippen molar-refractivity contribution in [3.8, 4) is 0 Å². The minimum Gasteiger partial charge on any atom is -0.320 e. The molecule has 2 rings (SSSR count). The zero-order chi connectivity index (χ0) is 15.9. The molecule has 0 fully saturated rings. The molecule has 124 valence electrons. The van der Waals surface area contributed by atoms with Crippen LogP contribution in [-0.2, 0) is 11.3 Å². The predicted octanol–water partition coefficient (Wildman–Crippen LogP) is 2.38. The summed E-state index contributed by atoms with van der Waals surface area (Å²) in [7, 11) is 0. The van der Waals surface area contributed by atoms with Crippen LogP contribution in [0.4, 0.5) is 5.69 Å². The van der Waals surface area contributed by atoms with Crippen LogP contribution < -0.4 is 16.6 Å². The molecule has 0 aliphatic rings. The summed E-state index contributed by atoms with van der Waals surface area (Å²) < 4.78 is 1.57. The van der Waals surface area contributed by atoms with Crippen molar-refractivity contribution >= 4 is 24.0 Å². The summed E-state index contributed by atoms with van der Waals surface area (Å²) in [6.45, 7) is 2.42. The van der Waals surface area contributed by atoms with Gasteiger partial charge in [-0.1, -0.05) is 43.7 Å². The van der Waals surface area contributed by atoms with Crippen LogP contribution in [0.3, 0.4) is 0 Å². The molecule has 1 heterocycles. The van der Waals surface area contributed by atoms with Gasteiger partial charge in [0.1, 0.15) is 5.69 Å². The second-order valence-corrected chi connectivity index (χ2v) is 5.22. The maximum absolute atomic E-state index is 12.4. The van der Waals surface area contributed by atoms with Crippen molar-refractivity contribution in [3.05, 3.63) is 64.6 Å². The molecule has 2 aromatic rings. The van der Waals surface area contributed by atoms with E-state index in [0.717, 1.165) is 12.0 Å². The molecule has 5 nitrogen and oxygen atoms in total. The number of rotatable bonds is 6. The molecule has 0 aliphatic heterocycles. The Labute approximate surface area is 141 Å². The van der Waals surface area contributed by atoms with Gasteiger partial charge in [-0.15, -0.1) is 12.4 Å². The summed E-state index contributed by atoms with van der Waals surface area (Å²) in [6.07, 6.45) is 3.12. The van der Waals surface area contributed by atoms with Crippen molar-refractivity contribution in [1.29, 1.82) is 0 Å². The van der Waals surface area contributed by atoms with Gasteiger partial charge in [0.15, 0.2) is 0 Å². The van der Waals surface area contributed by atoms with Gasteiger partial charge in [0, 0.05) is 6.20 Å². The fraction of sp³-hybridized carbons (Fsp3) is 0.294. The molecule has 1 unspecified atom stereocenters. The zero-order valence-corrected chi connectivity index (χ0v) is 13.9. The van der Waals surface area contributed by atoms with Crippen molar-refractivity contribution in [2.45, 2.75) is 32.4 Å². The largest absolute Gasteiger partial charge is 0.320 e.